The zero-order chi connectivity index (χ0) is 13.0. The van der Waals surface area contributed by atoms with E-state index in [9.17, 15) is 4.79 Å². The summed E-state index contributed by atoms with van der Waals surface area (Å²) >= 11 is 7.44. The molecule has 5 nitrogen and oxygen atoms in total. The predicted molar refractivity (Wildman–Crippen MR) is 71.5 cm³/mol. The van der Waals surface area contributed by atoms with E-state index < -0.39 is 0 Å². The van der Waals surface area contributed by atoms with Gasteiger partial charge in [-0.3, -0.25) is 4.79 Å². The van der Waals surface area contributed by atoms with Crippen LogP contribution in [-0.2, 0) is 6.42 Å². The van der Waals surface area contributed by atoms with Gasteiger partial charge in [0.2, 0.25) is 0 Å². The molecule has 2 rings (SSSR count). The molecule has 0 aliphatic heterocycles. The lowest BCUT2D eigenvalue weighted by atomic mass is 10.3. The molecular formula is C11H11ClN4OS. The van der Waals surface area contributed by atoms with E-state index in [1.165, 1.54) is 0 Å². The number of aryl methyl sites for hydroxylation is 1. The highest BCUT2D eigenvalue weighted by molar-refractivity contribution is 7.07. The molecule has 0 spiro atoms. The van der Waals surface area contributed by atoms with Crippen molar-refractivity contribution in [2.45, 2.75) is 13.3 Å². The minimum absolute atomic E-state index is 0.175. The normalized spacial score (nSPS) is 10.3. The lowest BCUT2D eigenvalue weighted by Gasteiger charge is -2.08. The number of anilines is 1. The van der Waals surface area contributed by atoms with E-state index in [4.69, 9.17) is 11.6 Å². The second kappa shape index (κ2) is 5.88. The molecule has 2 heterocycles. The van der Waals surface area contributed by atoms with Crippen LogP contribution in [0, 0.1) is 6.92 Å². The molecule has 0 saturated heterocycles. The van der Waals surface area contributed by atoms with Gasteiger partial charge >= 0.3 is 0 Å². The van der Waals surface area contributed by atoms with Crippen molar-refractivity contribution in [3.05, 3.63) is 33.1 Å². The number of hydrogen-bond donors (Lipinski definition) is 1. The first kappa shape index (κ1) is 12.9. The van der Waals surface area contributed by atoms with Gasteiger partial charge in [-0.25, -0.2) is 15.0 Å². The van der Waals surface area contributed by atoms with Gasteiger partial charge in [0.15, 0.2) is 6.29 Å². The number of thiazole rings is 1. The Hall–Kier alpha value is -1.53. The average molecular weight is 283 g/mol. The Morgan fingerprint density at radius 3 is 3.00 bits per heavy atom. The Balaban J connectivity index is 2.06. The third-order valence-electron chi connectivity index (χ3n) is 2.29. The molecule has 0 bridgehead atoms. The molecule has 2 aromatic heterocycles. The number of carbonyl (C=O) groups excluding carboxylic acids is 1. The van der Waals surface area contributed by atoms with Crippen molar-refractivity contribution in [1.82, 2.24) is 15.0 Å². The van der Waals surface area contributed by atoms with Gasteiger partial charge in [-0.1, -0.05) is 11.6 Å². The van der Waals surface area contributed by atoms with Crippen LogP contribution in [0.5, 0.6) is 0 Å². The van der Waals surface area contributed by atoms with Gasteiger partial charge in [0.1, 0.15) is 16.8 Å². The van der Waals surface area contributed by atoms with Gasteiger partial charge in [0.05, 0.1) is 16.8 Å². The number of carbonyl (C=O) groups is 1. The smallest absolute Gasteiger partial charge is 0.156 e. The third kappa shape index (κ3) is 3.02. The minimum atomic E-state index is 0.175. The number of nitrogens with one attached hydrogen (secondary N) is 1. The van der Waals surface area contributed by atoms with Crippen molar-refractivity contribution in [3.63, 3.8) is 0 Å². The SMILES string of the molecule is Cc1nc(Cl)c(C=O)c(NCCc2cscn2)n1. The van der Waals surface area contributed by atoms with Crippen LogP contribution in [0.2, 0.25) is 5.15 Å². The molecule has 0 radical (unpaired) electrons. The van der Waals surface area contributed by atoms with Gasteiger partial charge in [0, 0.05) is 18.3 Å². The summed E-state index contributed by atoms with van der Waals surface area (Å²) in [5, 5.41) is 5.24. The first-order valence-corrected chi connectivity index (χ1v) is 6.63. The van der Waals surface area contributed by atoms with Crippen molar-refractivity contribution >= 4 is 35.0 Å². The molecule has 1 N–H and O–H groups in total. The highest BCUT2D eigenvalue weighted by atomic mass is 35.5. The van der Waals surface area contributed by atoms with Crippen LogP contribution in [0.1, 0.15) is 21.9 Å². The van der Waals surface area contributed by atoms with Gasteiger partial charge in [-0.05, 0) is 6.92 Å². The summed E-state index contributed by atoms with van der Waals surface area (Å²) < 4.78 is 0. The lowest BCUT2D eigenvalue weighted by molar-refractivity contribution is 0.112. The molecular weight excluding hydrogens is 272 g/mol. The summed E-state index contributed by atoms with van der Waals surface area (Å²) in [5.41, 5.74) is 3.09. The fourth-order valence-corrected chi connectivity index (χ4v) is 2.31. The van der Waals surface area contributed by atoms with E-state index in [1.807, 2.05) is 5.38 Å². The molecule has 94 valence electrons. The van der Waals surface area contributed by atoms with E-state index >= 15 is 0 Å². The maximum Gasteiger partial charge on any atom is 0.156 e. The molecule has 18 heavy (non-hydrogen) atoms. The topological polar surface area (TPSA) is 67.8 Å². The number of rotatable bonds is 5. The maximum atomic E-state index is 10.9. The quantitative estimate of drug-likeness (QED) is 0.673. The molecule has 2 aromatic rings. The first-order chi connectivity index (χ1) is 8.70. The fraction of sp³-hybridized carbons (Fsp3) is 0.273. The van der Waals surface area contributed by atoms with Crippen LogP contribution >= 0.6 is 22.9 Å². The van der Waals surface area contributed by atoms with Crippen molar-refractivity contribution in [2.24, 2.45) is 0 Å². The Bertz CT molecular complexity index is 544. The second-order valence-corrected chi connectivity index (χ2v) is 4.68. The lowest BCUT2D eigenvalue weighted by Crippen LogP contribution is -2.10. The van der Waals surface area contributed by atoms with Gasteiger partial charge < -0.3 is 5.32 Å². The molecule has 0 amide bonds. The van der Waals surface area contributed by atoms with Gasteiger partial charge in [0.25, 0.3) is 0 Å². The molecule has 0 aromatic carbocycles. The Labute approximate surface area is 113 Å². The summed E-state index contributed by atoms with van der Waals surface area (Å²) in [4.78, 5) is 23.2. The largest absolute Gasteiger partial charge is 0.369 e. The van der Waals surface area contributed by atoms with E-state index in [0.29, 0.717) is 30.0 Å². The zero-order valence-corrected chi connectivity index (χ0v) is 11.3. The molecule has 0 atom stereocenters. The molecule has 0 saturated carbocycles. The predicted octanol–water partition coefficient (Wildman–Crippen LogP) is 2.36. The molecule has 0 aliphatic rings. The standard InChI is InChI=1S/C11H11ClN4OS/c1-7-15-10(12)9(4-17)11(16-7)13-3-2-8-5-18-6-14-8/h4-6H,2-3H2,1H3,(H,13,15,16). The summed E-state index contributed by atoms with van der Waals surface area (Å²) in [6.45, 7) is 2.36. The van der Waals surface area contributed by atoms with E-state index in [-0.39, 0.29) is 5.15 Å². The van der Waals surface area contributed by atoms with E-state index in [0.717, 1.165) is 12.1 Å². The number of hydrogen-bond acceptors (Lipinski definition) is 6. The summed E-state index contributed by atoms with van der Waals surface area (Å²) in [7, 11) is 0. The summed E-state index contributed by atoms with van der Waals surface area (Å²) in [6, 6.07) is 0. The highest BCUT2D eigenvalue weighted by Crippen LogP contribution is 2.18. The van der Waals surface area contributed by atoms with E-state index in [2.05, 4.69) is 20.3 Å². The van der Waals surface area contributed by atoms with Crippen LogP contribution in [0.4, 0.5) is 5.82 Å². The number of aromatic nitrogens is 3. The van der Waals surface area contributed by atoms with Crippen molar-refractivity contribution in [2.75, 3.05) is 11.9 Å². The number of nitrogens with zero attached hydrogens (tertiary/aromatic N) is 3. The van der Waals surface area contributed by atoms with Crippen molar-refractivity contribution in [1.29, 1.82) is 0 Å². The summed E-state index contributed by atoms with van der Waals surface area (Å²) in [6.07, 6.45) is 1.43. The van der Waals surface area contributed by atoms with E-state index in [1.54, 1.807) is 23.8 Å². The molecule has 0 fully saturated rings. The van der Waals surface area contributed by atoms with Crippen LogP contribution in [0.3, 0.4) is 0 Å². The summed E-state index contributed by atoms with van der Waals surface area (Å²) in [5.74, 6) is 1.000. The Morgan fingerprint density at radius 2 is 2.33 bits per heavy atom. The molecule has 0 aliphatic carbocycles. The first-order valence-electron chi connectivity index (χ1n) is 5.31. The monoisotopic (exact) mass is 282 g/mol. The highest BCUT2D eigenvalue weighted by Gasteiger charge is 2.10. The fourth-order valence-electron chi connectivity index (χ4n) is 1.46. The van der Waals surface area contributed by atoms with Crippen LogP contribution in [-0.4, -0.2) is 27.8 Å². The maximum absolute atomic E-state index is 10.9. The van der Waals surface area contributed by atoms with Gasteiger partial charge in [-0.2, -0.15) is 0 Å². The third-order valence-corrected chi connectivity index (χ3v) is 3.21. The van der Waals surface area contributed by atoms with Crippen LogP contribution < -0.4 is 5.32 Å². The Morgan fingerprint density at radius 1 is 1.50 bits per heavy atom. The van der Waals surface area contributed by atoms with Gasteiger partial charge in [-0.15, -0.1) is 11.3 Å². The van der Waals surface area contributed by atoms with Crippen LogP contribution in [0.25, 0.3) is 0 Å². The number of halogens is 1. The molecule has 0 unspecified atom stereocenters. The van der Waals surface area contributed by atoms with Crippen molar-refractivity contribution in [3.8, 4) is 0 Å². The Kier molecular flexibility index (Phi) is 4.22. The second-order valence-electron chi connectivity index (χ2n) is 3.60. The number of aldehydes is 1. The zero-order valence-electron chi connectivity index (χ0n) is 9.68. The van der Waals surface area contributed by atoms with Crippen molar-refractivity contribution < 1.29 is 4.79 Å². The minimum Gasteiger partial charge on any atom is -0.369 e. The average Bonchev–Trinajstić information content (AvgIpc) is 2.81. The molecule has 7 heteroatoms. The van der Waals surface area contributed by atoms with Crippen LogP contribution in [0.15, 0.2) is 10.9 Å².